The zero-order valence-corrected chi connectivity index (χ0v) is 20.0. The number of rotatable bonds is 7. The van der Waals surface area contributed by atoms with E-state index in [9.17, 15) is 24.0 Å². The van der Waals surface area contributed by atoms with Gasteiger partial charge in [0.2, 0.25) is 6.10 Å². The number of hydrogen-bond donors (Lipinski definition) is 0. The van der Waals surface area contributed by atoms with Crippen LogP contribution in [0.3, 0.4) is 0 Å². The fraction of sp³-hybridized carbons (Fsp3) is 0.500. The molecule has 202 valence electrons. The Balaban J connectivity index is 1.35. The van der Waals surface area contributed by atoms with E-state index in [0.717, 1.165) is 36.1 Å². The maximum absolute atomic E-state index is 15.9. The van der Waals surface area contributed by atoms with Crippen molar-refractivity contribution in [1.82, 2.24) is 14.1 Å². The molecular formula is C24H24FN3O10. The highest BCUT2D eigenvalue weighted by Gasteiger charge is 2.65. The monoisotopic (exact) mass is 533 g/mol. The number of halogens is 1. The van der Waals surface area contributed by atoms with Crippen molar-refractivity contribution >= 4 is 18.1 Å². The second kappa shape index (κ2) is 10.4. The summed E-state index contributed by atoms with van der Waals surface area (Å²) in [5.41, 5.74) is -1.75. The highest BCUT2D eigenvalue weighted by atomic mass is 19.2. The fourth-order valence-corrected chi connectivity index (χ4v) is 4.74. The largest absolute Gasteiger partial charge is 0.509 e. The van der Waals surface area contributed by atoms with Crippen LogP contribution in [0.4, 0.5) is 9.18 Å². The first-order chi connectivity index (χ1) is 18.3. The zero-order chi connectivity index (χ0) is 26.9. The Kier molecular flexibility index (Phi) is 6.97. The zero-order valence-electron chi connectivity index (χ0n) is 20.0. The summed E-state index contributed by atoms with van der Waals surface area (Å²) in [5, 5.41) is 0. The van der Waals surface area contributed by atoms with E-state index in [1.165, 1.54) is 24.5 Å². The van der Waals surface area contributed by atoms with Crippen molar-refractivity contribution in [2.45, 2.75) is 63.1 Å². The molecule has 2 aromatic heterocycles. The third-order valence-corrected chi connectivity index (χ3v) is 6.72. The van der Waals surface area contributed by atoms with Crippen LogP contribution in [-0.2, 0) is 35.2 Å². The first-order valence-electron chi connectivity index (χ1n) is 12.1. The second-order valence-electron chi connectivity index (χ2n) is 9.18. The van der Waals surface area contributed by atoms with Crippen LogP contribution in [0.5, 0.6) is 0 Å². The molecule has 0 spiro atoms. The molecule has 4 heterocycles. The Morgan fingerprint density at radius 3 is 2.63 bits per heavy atom. The molecule has 0 amide bonds. The third-order valence-electron chi connectivity index (χ3n) is 6.72. The number of fused-ring (bicyclic) bond motifs is 1. The van der Waals surface area contributed by atoms with Crippen molar-refractivity contribution in [3.05, 3.63) is 63.2 Å². The van der Waals surface area contributed by atoms with Gasteiger partial charge in [-0.2, -0.15) is 0 Å². The maximum Gasteiger partial charge on any atom is 0.509 e. The maximum atomic E-state index is 15.9. The number of nitrogens with zero attached hydrogens (tertiary/aromatic N) is 3. The summed E-state index contributed by atoms with van der Waals surface area (Å²) < 4.78 is 43.0. The van der Waals surface area contributed by atoms with E-state index in [2.05, 4.69) is 4.98 Å². The first-order valence-corrected chi connectivity index (χ1v) is 12.1. The van der Waals surface area contributed by atoms with Crippen molar-refractivity contribution in [2.24, 2.45) is 5.92 Å². The average Bonchev–Trinajstić information content (AvgIpc) is 3.44. The predicted octanol–water partition coefficient (Wildman–Crippen LogP) is 1.44. The lowest BCUT2D eigenvalue weighted by atomic mass is 9.89. The fourth-order valence-electron chi connectivity index (χ4n) is 4.74. The molecule has 14 heteroatoms. The lowest BCUT2D eigenvalue weighted by Gasteiger charge is -2.25. The first kappa shape index (κ1) is 25.6. The minimum atomic E-state index is -2.82. The van der Waals surface area contributed by atoms with Crippen molar-refractivity contribution in [3.8, 4) is 0 Å². The standard InChI is InChI=1S/C24H24FN3O10/c25-24(12-34-20(30)14-5-2-1-3-6-14)18-17(36-23(33)37-18)19(38-24)27-10-8-16(29)28(22(27)32)13-35-21(31)15-7-4-9-26-11-15/h4,7-11,14,17-19H,1-3,5-6,12-13H2/t17-,18+,19-,24-/m1/s1. The molecule has 2 aliphatic heterocycles. The smallest absolute Gasteiger partial charge is 0.459 e. The van der Waals surface area contributed by atoms with Gasteiger partial charge in [-0.15, -0.1) is 0 Å². The Hall–Kier alpha value is -4.07. The normalized spacial score (nSPS) is 26.8. The van der Waals surface area contributed by atoms with Crippen molar-refractivity contribution in [3.63, 3.8) is 0 Å². The Morgan fingerprint density at radius 1 is 1.11 bits per heavy atom. The lowest BCUT2D eigenvalue weighted by molar-refractivity contribution is -0.221. The van der Waals surface area contributed by atoms with Crippen LogP contribution in [-0.4, -0.2) is 56.9 Å². The second-order valence-corrected chi connectivity index (χ2v) is 9.18. The Labute approximate surface area is 214 Å². The van der Waals surface area contributed by atoms with Gasteiger partial charge in [0.1, 0.15) is 0 Å². The van der Waals surface area contributed by atoms with Gasteiger partial charge in [0.05, 0.1) is 11.5 Å². The van der Waals surface area contributed by atoms with E-state index < -0.39 is 67.0 Å². The van der Waals surface area contributed by atoms with Crippen LogP contribution in [0.2, 0.25) is 0 Å². The van der Waals surface area contributed by atoms with Gasteiger partial charge in [0, 0.05) is 24.7 Å². The number of carbonyl (C=O) groups excluding carboxylic acids is 3. The summed E-state index contributed by atoms with van der Waals surface area (Å²) in [7, 11) is 0. The van der Waals surface area contributed by atoms with Gasteiger partial charge < -0.3 is 23.7 Å². The van der Waals surface area contributed by atoms with E-state index in [1.807, 2.05) is 0 Å². The van der Waals surface area contributed by atoms with Crippen LogP contribution in [0.15, 0.2) is 46.4 Å². The summed E-state index contributed by atoms with van der Waals surface area (Å²) in [4.78, 5) is 65.8. The minimum absolute atomic E-state index is 0.0961. The number of esters is 2. The van der Waals surface area contributed by atoms with Gasteiger partial charge >= 0.3 is 23.8 Å². The molecule has 3 fully saturated rings. The topological polar surface area (TPSA) is 154 Å². The Morgan fingerprint density at radius 2 is 1.89 bits per heavy atom. The van der Waals surface area contributed by atoms with E-state index in [-0.39, 0.29) is 11.5 Å². The van der Waals surface area contributed by atoms with Crippen LogP contribution >= 0.6 is 0 Å². The van der Waals surface area contributed by atoms with Crippen LogP contribution in [0, 0.1) is 5.92 Å². The molecule has 0 aromatic carbocycles. The van der Waals surface area contributed by atoms with E-state index in [0.29, 0.717) is 17.4 Å². The molecule has 2 saturated heterocycles. The molecule has 5 rings (SSSR count). The molecule has 2 aromatic rings. The van der Waals surface area contributed by atoms with Gasteiger partial charge in [0.25, 0.3) is 11.4 Å². The number of aromatic nitrogens is 3. The molecule has 0 bridgehead atoms. The van der Waals surface area contributed by atoms with Gasteiger partial charge in [-0.25, -0.2) is 23.3 Å². The molecule has 3 aliphatic rings. The molecule has 1 aliphatic carbocycles. The van der Waals surface area contributed by atoms with Crippen molar-refractivity contribution in [1.29, 1.82) is 0 Å². The lowest BCUT2D eigenvalue weighted by Crippen LogP contribution is -2.43. The van der Waals surface area contributed by atoms with Crippen LogP contribution in [0.1, 0.15) is 48.7 Å². The van der Waals surface area contributed by atoms with E-state index >= 15 is 4.39 Å². The number of hydrogen-bond acceptors (Lipinski definition) is 11. The predicted molar refractivity (Wildman–Crippen MR) is 121 cm³/mol. The molecule has 0 unspecified atom stereocenters. The summed E-state index contributed by atoms with van der Waals surface area (Å²) in [6, 6.07) is 3.91. The molecule has 13 nitrogen and oxygen atoms in total. The highest BCUT2D eigenvalue weighted by molar-refractivity contribution is 5.88. The molecular weight excluding hydrogens is 509 g/mol. The SMILES string of the molecule is O=C1O[C@H]2[C@H](n3ccc(=O)n(COC(=O)c4cccnc4)c3=O)O[C@](F)(COC(=O)C3CCCCC3)[C@H]2O1. The number of ether oxygens (including phenoxy) is 5. The third kappa shape index (κ3) is 4.90. The van der Waals surface area contributed by atoms with Gasteiger partial charge in [-0.05, 0) is 25.0 Å². The number of alkyl halides is 1. The quantitative estimate of drug-likeness (QED) is 0.375. The molecule has 0 N–H and O–H groups in total. The summed E-state index contributed by atoms with van der Waals surface area (Å²) >= 11 is 0. The van der Waals surface area contributed by atoms with Crippen LogP contribution < -0.4 is 11.2 Å². The van der Waals surface area contributed by atoms with E-state index in [1.54, 1.807) is 0 Å². The van der Waals surface area contributed by atoms with Gasteiger partial charge in [-0.1, -0.05) is 19.3 Å². The van der Waals surface area contributed by atoms with E-state index in [4.69, 9.17) is 23.7 Å². The summed E-state index contributed by atoms with van der Waals surface area (Å²) in [6.45, 7) is -1.66. The molecule has 0 radical (unpaired) electrons. The van der Waals surface area contributed by atoms with Crippen molar-refractivity contribution in [2.75, 3.05) is 6.61 Å². The van der Waals surface area contributed by atoms with Crippen LogP contribution in [0.25, 0.3) is 0 Å². The molecule has 1 saturated carbocycles. The summed E-state index contributed by atoms with van der Waals surface area (Å²) in [6.07, 6.45) is 1.90. The molecule has 38 heavy (non-hydrogen) atoms. The average molecular weight is 533 g/mol. The van der Waals surface area contributed by atoms with Crippen molar-refractivity contribution < 1.29 is 42.5 Å². The highest BCUT2D eigenvalue weighted by Crippen LogP contribution is 2.45. The number of carbonyl (C=O) groups is 3. The Bertz CT molecular complexity index is 1340. The molecule has 4 atom stereocenters. The summed E-state index contributed by atoms with van der Waals surface area (Å²) in [5.74, 6) is -4.60. The van der Waals surface area contributed by atoms with Gasteiger partial charge in [0.15, 0.2) is 25.7 Å². The minimum Gasteiger partial charge on any atom is -0.459 e. The van der Waals surface area contributed by atoms with Gasteiger partial charge in [-0.3, -0.25) is 19.1 Å². The number of pyridine rings is 1.